The van der Waals surface area contributed by atoms with Crippen LogP contribution in [0, 0.1) is 0 Å². The summed E-state index contributed by atoms with van der Waals surface area (Å²) >= 11 is 0. The van der Waals surface area contributed by atoms with E-state index < -0.39 is 0 Å². The van der Waals surface area contributed by atoms with Crippen LogP contribution in [0.4, 0.5) is 5.82 Å². The minimum Gasteiger partial charge on any atom is -0.497 e. The lowest BCUT2D eigenvalue weighted by molar-refractivity contribution is 0.414. The molecule has 1 aromatic heterocycles. The Balaban J connectivity index is 1.79. The minimum atomic E-state index is 0.694. The summed E-state index contributed by atoms with van der Waals surface area (Å²) in [4.78, 5) is 9.84. The van der Waals surface area contributed by atoms with Crippen LogP contribution in [0.3, 0.4) is 0 Å². The Labute approximate surface area is 106 Å². The van der Waals surface area contributed by atoms with Gasteiger partial charge in [0.2, 0.25) is 0 Å². The number of methoxy groups -OCH3 is 1. The molecule has 2 heterocycles. The van der Waals surface area contributed by atoms with E-state index >= 15 is 0 Å². The fraction of sp³-hybridized carbons (Fsp3) is 0.214. The van der Waals surface area contributed by atoms with Crippen LogP contribution < -0.4 is 9.64 Å². The van der Waals surface area contributed by atoms with E-state index in [2.05, 4.69) is 27.0 Å². The highest BCUT2D eigenvalue weighted by Crippen LogP contribution is 2.22. The van der Waals surface area contributed by atoms with Gasteiger partial charge in [-0.1, -0.05) is 12.1 Å². The molecule has 0 saturated heterocycles. The summed E-state index contributed by atoms with van der Waals surface area (Å²) in [6.45, 7) is 1.54. The van der Waals surface area contributed by atoms with Crippen LogP contribution in [0.1, 0.15) is 11.1 Å². The molecule has 0 amide bonds. The predicted octanol–water partition coefficient (Wildman–Crippen LogP) is 2.42. The monoisotopic (exact) mass is 241 g/mol. The molecule has 1 aliphatic rings. The summed E-state index contributed by atoms with van der Waals surface area (Å²) in [7, 11) is 1.68. The van der Waals surface area contributed by atoms with Crippen LogP contribution in [0.15, 0.2) is 41.5 Å². The fourth-order valence-corrected chi connectivity index (χ4v) is 2.14. The molecule has 0 saturated carbocycles. The summed E-state index contributed by atoms with van der Waals surface area (Å²) in [6.07, 6.45) is 3.86. The van der Waals surface area contributed by atoms with Crippen molar-refractivity contribution in [1.29, 1.82) is 0 Å². The molecule has 0 fully saturated rings. The molecule has 92 valence electrons. The van der Waals surface area contributed by atoms with Crippen molar-refractivity contribution >= 4 is 12.0 Å². The van der Waals surface area contributed by atoms with Crippen LogP contribution >= 0.6 is 0 Å². The Morgan fingerprint density at radius 2 is 2.11 bits per heavy atom. The van der Waals surface area contributed by atoms with Gasteiger partial charge in [-0.05, 0) is 23.8 Å². The average Bonchev–Trinajstić information content (AvgIpc) is 2.89. The number of benzene rings is 1. The van der Waals surface area contributed by atoms with E-state index in [0.29, 0.717) is 6.67 Å². The summed E-state index contributed by atoms with van der Waals surface area (Å²) in [6, 6.07) is 10.2. The number of fused-ring (bicyclic) bond motifs is 1. The molecule has 1 aromatic carbocycles. The van der Waals surface area contributed by atoms with Gasteiger partial charge in [0.15, 0.2) is 0 Å². The van der Waals surface area contributed by atoms with Crippen molar-refractivity contribution < 1.29 is 4.74 Å². The lowest BCUT2D eigenvalue weighted by atomic mass is 10.2. The summed E-state index contributed by atoms with van der Waals surface area (Å²) in [5, 5.41) is 0. The molecule has 1 N–H and O–H groups in total. The Hall–Kier alpha value is -2.23. The highest BCUT2D eigenvalue weighted by Gasteiger charge is 2.14. The number of hydrogen-bond acceptors (Lipinski definition) is 3. The Kier molecular flexibility index (Phi) is 2.76. The third-order valence-corrected chi connectivity index (χ3v) is 3.09. The number of ether oxygens (including phenoxy) is 1. The van der Waals surface area contributed by atoms with E-state index in [1.54, 1.807) is 7.11 Å². The van der Waals surface area contributed by atoms with Gasteiger partial charge in [-0.15, -0.1) is 0 Å². The minimum absolute atomic E-state index is 0.694. The second-order valence-corrected chi connectivity index (χ2v) is 4.28. The molecular formula is C14H15N3O. The number of rotatable bonds is 3. The van der Waals surface area contributed by atoms with Crippen molar-refractivity contribution in [3.63, 3.8) is 0 Å². The number of aliphatic imine (C=N–C) groups is 1. The first-order chi connectivity index (χ1) is 8.86. The van der Waals surface area contributed by atoms with Crippen molar-refractivity contribution in [2.45, 2.75) is 6.54 Å². The maximum absolute atomic E-state index is 5.16. The zero-order valence-electron chi connectivity index (χ0n) is 10.3. The SMILES string of the molecule is COc1ccc(CN2CN=Cc3cc[nH]c32)cc1. The standard InChI is InChI=1S/C14H15N3O/c1-18-13-4-2-11(3-5-13)9-17-10-15-8-12-6-7-16-14(12)17/h2-8,16H,9-10H2,1H3. The molecule has 0 aliphatic carbocycles. The largest absolute Gasteiger partial charge is 0.497 e. The maximum atomic E-state index is 5.16. The third-order valence-electron chi connectivity index (χ3n) is 3.09. The number of nitrogens with one attached hydrogen (secondary N) is 1. The molecule has 3 rings (SSSR count). The topological polar surface area (TPSA) is 40.6 Å². The van der Waals surface area contributed by atoms with Gasteiger partial charge in [-0.2, -0.15) is 0 Å². The molecule has 4 heteroatoms. The van der Waals surface area contributed by atoms with Gasteiger partial charge in [0.1, 0.15) is 18.2 Å². The van der Waals surface area contributed by atoms with Gasteiger partial charge in [0.25, 0.3) is 0 Å². The second-order valence-electron chi connectivity index (χ2n) is 4.28. The van der Waals surface area contributed by atoms with E-state index in [4.69, 9.17) is 4.74 Å². The Morgan fingerprint density at radius 1 is 1.28 bits per heavy atom. The molecule has 2 aromatic rings. The van der Waals surface area contributed by atoms with Crippen molar-refractivity contribution in [2.75, 3.05) is 18.7 Å². The molecule has 0 spiro atoms. The molecule has 1 aliphatic heterocycles. The van der Waals surface area contributed by atoms with Crippen molar-refractivity contribution in [3.8, 4) is 5.75 Å². The highest BCUT2D eigenvalue weighted by atomic mass is 16.5. The van der Waals surface area contributed by atoms with Gasteiger partial charge in [0, 0.05) is 24.5 Å². The number of hydrogen-bond donors (Lipinski definition) is 1. The Bertz CT molecular complexity index is 557. The van der Waals surface area contributed by atoms with Crippen LogP contribution in [-0.4, -0.2) is 25.0 Å². The van der Waals surface area contributed by atoms with Gasteiger partial charge in [0.05, 0.1) is 7.11 Å². The fourth-order valence-electron chi connectivity index (χ4n) is 2.14. The smallest absolute Gasteiger partial charge is 0.118 e. The highest BCUT2D eigenvalue weighted by molar-refractivity contribution is 5.88. The van der Waals surface area contributed by atoms with E-state index in [9.17, 15) is 0 Å². The number of nitrogens with zero attached hydrogens (tertiary/aromatic N) is 2. The number of aromatic nitrogens is 1. The summed E-state index contributed by atoms with van der Waals surface area (Å²) in [5.74, 6) is 2.02. The molecule has 4 nitrogen and oxygen atoms in total. The van der Waals surface area contributed by atoms with Gasteiger partial charge in [-0.25, -0.2) is 0 Å². The van der Waals surface area contributed by atoms with E-state index in [0.717, 1.165) is 23.7 Å². The lowest BCUT2D eigenvalue weighted by Gasteiger charge is -2.25. The van der Waals surface area contributed by atoms with Crippen LogP contribution in [0.5, 0.6) is 5.75 Å². The lowest BCUT2D eigenvalue weighted by Crippen LogP contribution is -2.26. The number of H-pyrrole nitrogens is 1. The number of anilines is 1. The zero-order chi connectivity index (χ0) is 12.4. The summed E-state index contributed by atoms with van der Waals surface area (Å²) < 4.78 is 5.16. The first-order valence-corrected chi connectivity index (χ1v) is 5.92. The molecular weight excluding hydrogens is 226 g/mol. The molecule has 0 atom stereocenters. The Morgan fingerprint density at radius 3 is 2.89 bits per heavy atom. The first kappa shape index (κ1) is 10.9. The van der Waals surface area contributed by atoms with Crippen LogP contribution in [-0.2, 0) is 6.54 Å². The van der Waals surface area contributed by atoms with Crippen molar-refractivity contribution in [2.24, 2.45) is 4.99 Å². The van der Waals surface area contributed by atoms with E-state index in [1.807, 2.05) is 30.6 Å². The average molecular weight is 241 g/mol. The van der Waals surface area contributed by atoms with Gasteiger partial charge in [-0.3, -0.25) is 4.99 Å². The summed E-state index contributed by atoms with van der Waals surface area (Å²) in [5.41, 5.74) is 2.39. The first-order valence-electron chi connectivity index (χ1n) is 5.92. The third kappa shape index (κ3) is 1.97. The normalized spacial score (nSPS) is 13.5. The quantitative estimate of drug-likeness (QED) is 0.896. The zero-order valence-corrected chi connectivity index (χ0v) is 10.3. The van der Waals surface area contributed by atoms with E-state index in [1.165, 1.54) is 5.56 Å². The van der Waals surface area contributed by atoms with Gasteiger partial charge >= 0.3 is 0 Å². The molecule has 0 bridgehead atoms. The van der Waals surface area contributed by atoms with E-state index in [-0.39, 0.29) is 0 Å². The predicted molar refractivity (Wildman–Crippen MR) is 72.4 cm³/mol. The number of aromatic amines is 1. The van der Waals surface area contributed by atoms with Crippen LogP contribution in [0.25, 0.3) is 0 Å². The second kappa shape index (κ2) is 4.56. The van der Waals surface area contributed by atoms with Crippen molar-refractivity contribution in [3.05, 3.63) is 47.7 Å². The molecule has 18 heavy (non-hydrogen) atoms. The van der Waals surface area contributed by atoms with Gasteiger partial charge < -0.3 is 14.6 Å². The van der Waals surface area contributed by atoms with Crippen molar-refractivity contribution in [1.82, 2.24) is 4.98 Å². The maximum Gasteiger partial charge on any atom is 0.118 e. The molecule has 0 radical (unpaired) electrons. The van der Waals surface area contributed by atoms with Crippen LogP contribution in [0.2, 0.25) is 0 Å². The molecule has 0 unspecified atom stereocenters.